The zero-order chi connectivity index (χ0) is 17.8. The number of nitrogens with zero attached hydrogens (tertiary/aromatic N) is 4. The Hall–Kier alpha value is -2.02. The van der Waals surface area contributed by atoms with Gasteiger partial charge < -0.3 is 0 Å². The van der Waals surface area contributed by atoms with E-state index in [-0.39, 0.29) is 24.2 Å². The van der Waals surface area contributed by atoms with E-state index in [1.807, 2.05) is 12.1 Å². The van der Waals surface area contributed by atoms with Gasteiger partial charge in [-0.25, -0.2) is 0 Å². The molecular formula is C18H18Cl2N4OS. The Labute approximate surface area is 167 Å². The maximum Gasteiger partial charge on any atom is 0.260 e. The second kappa shape index (κ2) is 9.07. The van der Waals surface area contributed by atoms with Crippen molar-refractivity contribution in [2.24, 2.45) is 5.92 Å². The molecule has 2 heterocycles. The Morgan fingerprint density at radius 2 is 2.04 bits per heavy atom. The number of hydrogen-bond acceptors (Lipinski definition) is 5. The van der Waals surface area contributed by atoms with E-state index in [0.717, 1.165) is 10.6 Å². The van der Waals surface area contributed by atoms with Crippen molar-refractivity contribution < 1.29 is 4.79 Å². The number of carbonyl (C=O) groups is 1. The lowest BCUT2D eigenvalue weighted by molar-refractivity contribution is 0.0983. The molecule has 1 aromatic carbocycles. The highest BCUT2D eigenvalue weighted by Crippen LogP contribution is 2.29. The summed E-state index contributed by atoms with van der Waals surface area (Å²) in [5.41, 5.74) is 1.41. The lowest BCUT2D eigenvalue weighted by atomic mass is 10.1. The first kappa shape index (κ1) is 20.3. The van der Waals surface area contributed by atoms with Gasteiger partial charge in [0.2, 0.25) is 5.13 Å². The number of carbonyl (C=O) groups excluding carboxylic acids is 1. The highest BCUT2D eigenvalue weighted by atomic mass is 35.5. The van der Waals surface area contributed by atoms with E-state index in [4.69, 9.17) is 11.6 Å². The van der Waals surface area contributed by atoms with Crippen LogP contribution in [0.3, 0.4) is 0 Å². The van der Waals surface area contributed by atoms with Crippen LogP contribution in [-0.4, -0.2) is 27.6 Å². The lowest BCUT2D eigenvalue weighted by Gasteiger charge is -2.21. The van der Waals surface area contributed by atoms with Crippen LogP contribution in [0, 0.1) is 5.92 Å². The molecule has 0 saturated heterocycles. The molecule has 0 fully saturated rings. The SMILES string of the molecule is CC(C)CN(C(=O)c1cccc(Cl)c1)c1nnc(-c2cccnc2)s1.Cl. The molecule has 0 aliphatic heterocycles. The third-order valence-electron chi connectivity index (χ3n) is 3.42. The molecule has 0 saturated carbocycles. The average Bonchev–Trinajstić information content (AvgIpc) is 3.09. The Kier molecular flexibility index (Phi) is 7.08. The van der Waals surface area contributed by atoms with Crippen LogP contribution < -0.4 is 4.90 Å². The molecular weight excluding hydrogens is 391 g/mol. The van der Waals surface area contributed by atoms with E-state index < -0.39 is 0 Å². The van der Waals surface area contributed by atoms with E-state index in [0.29, 0.717) is 22.3 Å². The fraction of sp³-hybridized carbons (Fsp3) is 0.222. The molecule has 0 aliphatic rings. The Balaban J connectivity index is 0.00000243. The summed E-state index contributed by atoms with van der Waals surface area (Å²) in [5, 5.41) is 10.3. The highest BCUT2D eigenvalue weighted by Gasteiger charge is 2.23. The molecule has 0 aliphatic carbocycles. The van der Waals surface area contributed by atoms with Crippen LogP contribution in [0.5, 0.6) is 0 Å². The number of pyridine rings is 1. The van der Waals surface area contributed by atoms with Crippen LogP contribution in [0.15, 0.2) is 48.8 Å². The molecule has 1 amide bonds. The average molecular weight is 409 g/mol. The van der Waals surface area contributed by atoms with E-state index in [9.17, 15) is 4.79 Å². The van der Waals surface area contributed by atoms with Crippen LogP contribution in [0.25, 0.3) is 10.6 Å². The van der Waals surface area contributed by atoms with Crippen molar-refractivity contribution in [3.05, 3.63) is 59.4 Å². The van der Waals surface area contributed by atoms with Gasteiger partial charge in [0.15, 0.2) is 5.01 Å². The molecule has 0 spiro atoms. The summed E-state index contributed by atoms with van der Waals surface area (Å²) in [6, 6.07) is 10.7. The van der Waals surface area contributed by atoms with Crippen molar-refractivity contribution in [1.82, 2.24) is 15.2 Å². The van der Waals surface area contributed by atoms with Crippen molar-refractivity contribution in [2.45, 2.75) is 13.8 Å². The molecule has 0 N–H and O–H groups in total. The van der Waals surface area contributed by atoms with Crippen LogP contribution in [-0.2, 0) is 0 Å². The number of hydrogen-bond donors (Lipinski definition) is 0. The van der Waals surface area contributed by atoms with Gasteiger partial charge in [0.05, 0.1) is 0 Å². The highest BCUT2D eigenvalue weighted by molar-refractivity contribution is 7.18. The van der Waals surface area contributed by atoms with Gasteiger partial charge in [0, 0.05) is 35.1 Å². The topological polar surface area (TPSA) is 59.0 Å². The minimum Gasteiger partial charge on any atom is -0.282 e. The number of halogens is 2. The number of amides is 1. The van der Waals surface area contributed by atoms with Crippen molar-refractivity contribution in [3.63, 3.8) is 0 Å². The van der Waals surface area contributed by atoms with Gasteiger partial charge >= 0.3 is 0 Å². The van der Waals surface area contributed by atoms with Crippen LogP contribution in [0.1, 0.15) is 24.2 Å². The van der Waals surface area contributed by atoms with Gasteiger partial charge in [0.25, 0.3) is 5.91 Å². The molecule has 0 bridgehead atoms. The van der Waals surface area contributed by atoms with Gasteiger partial charge in [0.1, 0.15) is 0 Å². The maximum atomic E-state index is 13.0. The summed E-state index contributed by atoms with van der Waals surface area (Å²) in [6.07, 6.45) is 3.44. The predicted octanol–water partition coefficient (Wildman–Crippen LogP) is 4.98. The Morgan fingerprint density at radius 3 is 2.69 bits per heavy atom. The van der Waals surface area contributed by atoms with E-state index in [1.165, 1.54) is 11.3 Å². The normalized spacial score (nSPS) is 10.5. The fourth-order valence-corrected chi connectivity index (χ4v) is 3.35. The summed E-state index contributed by atoms with van der Waals surface area (Å²) in [5.74, 6) is 0.152. The van der Waals surface area contributed by atoms with Crippen molar-refractivity contribution in [1.29, 1.82) is 0 Å². The first-order valence-corrected chi connectivity index (χ1v) is 9.05. The van der Waals surface area contributed by atoms with Crippen molar-refractivity contribution in [3.8, 4) is 10.6 Å². The summed E-state index contributed by atoms with van der Waals surface area (Å²) in [7, 11) is 0. The Bertz CT molecular complexity index is 870. The molecule has 0 radical (unpaired) electrons. The molecule has 5 nitrogen and oxygen atoms in total. The van der Waals surface area contributed by atoms with Crippen molar-refractivity contribution >= 4 is 46.4 Å². The smallest absolute Gasteiger partial charge is 0.260 e. The molecule has 136 valence electrons. The van der Waals surface area contributed by atoms with Gasteiger partial charge in [-0.2, -0.15) is 0 Å². The van der Waals surface area contributed by atoms with Gasteiger partial charge in [-0.1, -0.05) is 42.9 Å². The third-order valence-corrected chi connectivity index (χ3v) is 4.65. The predicted molar refractivity (Wildman–Crippen MR) is 108 cm³/mol. The molecule has 8 heteroatoms. The number of benzene rings is 1. The number of anilines is 1. The van der Waals surface area contributed by atoms with Crippen LogP contribution >= 0.6 is 35.3 Å². The van der Waals surface area contributed by atoms with E-state index in [2.05, 4.69) is 29.0 Å². The Morgan fingerprint density at radius 1 is 1.23 bits per heavy atom. The summed E-state index contributed by atoms with van der Waals surface area (Å²) >= 11 is 7.40. The van der Waals surface area contributed by atoms with Crippen LogP contribution in [0.2, 0.25) is 5.02 Å². The fourth-order valence-electron chi connectivity index (χ4n) is 2.32. The zero-order valence-electron chi connectivity index (χ0n) is 14.3. The molecule has 26 heavy (non-hydrogen) atoms. The second-order valence-electron chi connectivity index (χ2n) is 5.95. The molecule has 0 atom stereocenters. The van der Waals surface area contributed by atoms with Gasteiger partial charge in [-0.05, 0) is 36.2 Å². The standard InChI is InChI=1S/C18H17ClN4OS.ClH/c1-12(2)11-23(17(24)13-5-3-7-15(19)9-13)18-22-21-16(25-18)14-6-4-8-20-10-14;/h3-10,12H,11H2,1-2H3;1H. The zero-order valence-corrected chi connectivity index (χ0v) is 16.7. The van der Waals surface area contributed by atoms with E-state index in [1.54, 1.807) is 41.6 Å². The minimum absolute atomic E-state index is 0. The number of aromatic nitrogens is 3. The van der Waals surface area contributed by atoms with Gasteiger partial charge in [-0.15, -0.1) is 22.6 Å². The summed E-state index contributed by atoms with van der Waals surface area (Å²) < 4.78 is 0. The lowest BCUT2D eigenvalue weighted by Crippen LogP contribution is -2.34. The second-order valence-corrected chi connectivity index (χ2v) is 7.34. The quantitative estimate of drug-likeness (QED) is 0.597. The minimum atomic E-state index is -0.134. The number of rotatable bonds is 5. The molecule has 3 rings (SSSR count). The molecule has 3 aromatic rings. The van der Waals surface area contributed by atoms with Gasteiger partial charge in [-0.3, -0.25) is 14.7 Å². The van der Waals surface area contributed by atoms with Crippen molar-refractivity contribution in [2.75, 3.05) is 11.4 Å². The summed E-state index contributed by atoms with van der Waals surface area (Å²) in [6.45, 7) is 4.66. The monoisotopic (exact) mass is 408 g/mol. The maximum absolute atomic E-state index is 13.0. The van der Waals surface area contributed by atoms with E-state index >= 15 is 0 Å². The summed E-state index contributed by atoms with van der Waals surface area (Å²) in [4.78, 5) is 18.7. The molecule has 2 aromatic heterocycles. The molecule has 0 unspecified atom stereocenters. The largest absolute Gasteiger partial charge is 0.282 e. The first-order chi connectivity index (χ1) is 12.0. The first-order valence-electron chi connectivity index (χ1n) is 7.86. The van der Waals surface area contributed by atoms with Crippen LogP contribution in [0.4, 0.5) is 5.13 Å². The third kappa shape index (κ3) is 4.78.